The van der Waals surface area contributed by atoms with Crippen LogP contribution in [0.4, 0.5) is 0 Å². The molecule has 0 aliphatic carbocycles. The van der Waals surface area contributed by atoms with Crippen LogP contribution in [0.2, 0.25) is 0 Å². The van der Waals surface area contributed by atoms with E-state index in [1.165, 1.54) is 12.1 Å². The van der Waals surface area contributed by atoms with Gasteiger partial charge in [-0.2, -0.15) is 0 Å². The number of carboxylic acids is 1. The fourth-order valence-electron chi connectivity index (χ4n) is 2.76. The molecule has 176 valence electrons. The van der Waals surface area contributed by atoms with Gasteiger partial charge in [0.25, 0.3) is 0 Å². The van der Waals surface area contributed by atoms with Crippen LogP contribution in [-0.4, -0.2) is 59.3 Å². The van der Waals surface area contributed by atoms with Crippen LogP contribution in [0.1, 0.15) is 31.9 Å². The average molecular weight is 449 g/mol. The van der Waals surface area contributed by atoms with Gasteiger partial charge in [0, 0.05) is 26.1 Å². The second kappa shape index (κ2) is 14.8. The van der Waals surface area contributed by atoms with E-state index in [2.05, 4.69) is 0 Å². The molecule has 0 amide bonds. The summed E-state index contributed by atoms with van der Waals surface area (Å²) in [5.74, 6) is -0.938. The molecule has 8 nitrogen and oxygen atoms in total. The van der Waals surface area contributed by atoms with Crippen molar-refractivity contribution in [3.63, 3.8) is 0 Å². The molecule has 0 bridgehead atoms. The highest BCUT2D eigenvalue weighted by molar-refractivity contribution is 5.75. The van der Waals surface area contributed by atoms with E-state index in [4.69, 9.17) is 29.5 Å². The van der Waals surface area contributed by atoms with Crippen LogP contribution in [0.5, 0.6) is 11.5 Å². The van der Waals surface area contributed by atoms with Crippen molar-refractivity contribution in [2.75, 3.05) is 19.8 Å². The number of carbonyl (C=O) groups is 2. The third-order valence-corrected chi connectivity index (χ3v) is 4.28. The van der Waals surface area contributed by atoms with Gasteiger partial charge in [0.1, 0.15) is 11.5 Å². The standard InChI is InChI=1S/C13H18O4.C11H14O4/c1-3-16-12(13(15)17-4-2)9-10-5-7-11(14)8-6-10;1-2-15-10(11(13)14)7-8-3-5-9(12)6-4-8/h5-8,12,14H,3-4,9H2,1-2H3;3-6,10,12H,2,7H2,1H3,(H,13,14)/t12-;10-/m10/s1. The van der Waals surface area contributed by atoms with Gasteiger partial charge in [-0.15, -0.1) is 0 Å². The highest BCUT2D eigenvalue weighted by Crippen LogP contribution is 2.14. The average Bonchev–Trinajstić information content (AvgIpc) is 2.76. The fourth-order valence-corrected chi connectivity index (χ4v) is 2.76. The predicted molar refractivity (Wildman–Crippen MR) is 119 cm³/mol. The number of benzene rings is 2. The Bertz CT molecular complexity index is 802. The number of rotatable bonds is 11. The lowest BCUT2D eigenvalue weighted by atomic mass is 10.1. The normalized spacial score (nSPS) is 12.2. The molecular formula is C24H32O8. The Morgan fingerprint density at radius 3 is 1.50 bits per heavy atom. The van der Waals surface area contributed by atoms with Crippen molar-refractivity contribution >= 4 is 11.9 Å². The molecular weight excluding hydrogens is 416 g/mol. The van der Waals surface area contributed by atoms with E-state index in [1.54, 1.807) is 50.2 Å². The number of aliphatic carboxylic acids is 1. The molecule has 0 saturated carbocycles. The number of hydrogen-bond donors (Lipinski definition) is 3. The van der Waals surface area contributed by atoms with E-state index in [-0.39, 0.29) is 17.5 Å². The largest absolute Gasteiger partial charge is 0.508 e. The van der Waals surface area contributed by atoms with E-state index in [0.717, 1.165) is 11.1 Å². The van der Waals surface area contributed by atoms with Gasteiger partial charge >= 0.3 is 11.9 Å². The maximum absolute atomic E-state index is 11.6. The van der Waals surface area contributed by atoms with Crippen molar-refractivity contribution in [1.82, 2.24) is 0 Å². The summed E-state index contributed by atoms with van der Waals surface area (Å²) in [7, 11) is 0. The topological polar surface area (TPSA) is 123 Å². The van der Waals surface area contributed by atoms with Gasteiger partial charge in [0.05, 0.1) is 6.61 Å². The maximum Gasteiger partial charge on any atom is 0.335 e. The Labute approximate surface area is 188 Å². The van der Waals surface area contributed by atoms with Crippen LogP contribution in [0.15, 0.2) is 48.5 Å². The number of ether oxygens (including phenoxy) is 3. The maximum atomic E-state index is 11.6. The summed E-state index contributed by atoms with van der Waals surface area (Å²) in [6.45, 7) is 6.53. The Kier molecular flexibility index (Phi) is 12.5. The minimum atomic E-state index is -0.968. The molecule has 0 saturated heterocycles. The summed E-state index contributed by atoms with van der Waals surface area (Å²) in [5, 5.41) is 27.1. The van der Waals surface area contributed by atoms with E-state index in [1.807, 2.05) is 6.92 Å². The van der Waals surface area contributed by atoms with Gasteiger partial charge in [-0.3, -0.25) is 0 Å². The summed E-state index contributed by atoms with van der Waals surface area (Å²) in [6.07, 6.45) is -0.639. The SMILES string of the molecule is CCOC(=O)[C@@H](Cc1ccc(O)cc1)OCC.CCO[C@@H](Cc1ccc(O)cc1)C(=O)O. The zero-order valence-corrected chi connectivity index (χ0v) is 18.7. The Balaban J connectivity index is 0.000000323. The second-order valence-electron chi connectivity index (χ2n) is 6.72. The van der Waals surface area contributed by atoms with Gasteiger partial charge in [0.2, 0.25) is 0 Å². The molecule has 0 heterocycles. The third kappa shape index (κ3) is 10.3. The van der Waals surface area contributed by atoms with Gasteiger partial charge in [-0.05, 0) is 56.2 Å². The molecule has 8 heteroatoms. The van der Waals surface area contributed by atoms with E-state index >= 15 is 0 Å². The predicted octanol–water partition coefficient (Wildman–Crippen LogP) is 3.33. The smallest absolute Gasteiger partial charge is 0.335 e. The quantitative estimate of drug-likeness (QED) is 0.448. The highest BCUT2D eigenvalue weighted by Gasteiger charge is 2.20. The number of aromatic hydroxyl groups is 2. The Hall–Kier alpha value is -3.10. The Morgan fingerprint density at radius 1 is 0.719 bits per heavy atom. The number of phenols is 2. The lowest BCUT2D eigenvalue weighted by molar-refractivity contribution is -0.156. The molecule has 2 aromatic rings. The van der Waals surface area contributed by atoms with E-state index < -0.39 is 18.2 Å². The van der Waals surface area contributed by atoms with Crippen LogP contribution < -0.4 is 0 Å². The van der Waals surface area contributed by atoms with Crippen LogP contribution in [0.25, 0.3) is 0 Å². The molecule has 0 radical (unpaired) electrons. The van der Waals surface area contributed by atoms with Gasteiger partial charge in [-0.25, -0.2) is 9.59 Å². The van der Waals surface area contributed by atoms with Crippen molar-refractivity contribution in [2.24, 2.45) is 0 Å². The summed E-state index contributed by atoms with van der Waals surface area (Å²) >= 11 is 0. The van der Waals surface area contributed by atoms with Crippen LogP contribution >= 0.6 is 0 Å². The number of hydrogen-bond acceptors (Lipinski definition) is 7. The third-order valence-electron chi connectivity index (χ3n) is 4.28. The summed E-state index contributed by atoms with van der Waals surface area (Å²) in [4.78, 5) is 22.4. The van der Waals surface area contributed by atoms with E-state index in [0.29, 0.717) is 32.7 Å². The van der Waals surface area contributed by atoms with Gasteiger partial charge in [-0.1, -0.05) is 24.3 Å². The minimum absolute atomic E-state index is 0.169. The number of phenolic OH excluding ortho intramolecular Hbond substituents is 2. The lowest BCUT2D eigenvalue weighted by Gasteiger charge is -2.15. The zero-order chi connectivity index (χ0) is 23.9. The van der Waals surface area contributed by atoms with Crippen molar-refractivity contribution in [3.05, 3.63) is 59.7 Å². The molecule has 0 spiro atoms. The van der Waals surface area contributed by atoms with Crippen molar-refractivity contribution in [3.8, 4) is 11.5 Å². The first-order valence-corrected chi connectivity index (χ1v) is 10.5. The van der Waals surface area contributed by atoms with E-state index in [9.17, 15) is 9.59 Å². The number of carboxylic acid groups (broad SMARTS) is 1. The highest BCUT2D eigenvalue weighted by atomic mass is 16.6. The van der Waals surface area contributed by atoms with Crippen LogP contribution in [0, 0.1) is 0 Å². The molecule has 3 N–H and O–H groups in total. The molecule has 2 atom stereocenters. The zero-order valence-electron chi connectivity index (χ0n) is 18.7. The molecule has 0 aromatic heterocycles. The fraction of sp³-hybridized carbons (Fsp3) is 0.417. The molecule has 0 aliphatic heterocycles. The number of carbonyl (C=O) groups excluding carboxylic acids is 1. The van der Waals surface area contributed by atoms with Crippen molar-refractivity contribution < 1.29 is 39.1 Å². The van der Waals surface area contributed by atoms with Crippen LogP contribution in [0.3, 0.4) is 0 Å². The first kappa shape index (κ1) is 26.9. The molecule has 0 unspecified atom stereocenters. The molecule has 0 fully saturated rings. The van der Waals surface area contributed by atoms with Crippen molar-refractivity contribution in [2.45, 2.75) is 45.8 Å². The number of esters is 1. The van der Waals surface area contributed by atoms with Crippen LogP contribution in [-0.2, 0) is 36.6 Å². The minimum Gasteiger partial charge on any atom is -0.508 e. The lowest BCUT2D eigenvalue weighted by Crippen LogP contribution is -2.28. The Morgan fingerprint density at radius 2 is 1.12 bits per heavy atom. The molecule has 0 aliphatic rings. The van der Waals surface area contributed by atoms with Gasteiger partial charge in [0.15, 0.2) is 12.2 Å². The first-order chi connectivity index (χ1) is 15.3. The second-order valence-corrected chi connectivity index (χ2v) is 6.72. The van der Waals surface area contributed by atoms with Gasteiger partial charge < -0.3 is 29.5 Å². The summed E-state index contributed by atoms with van der Waals surface area (Å²) in [6, 6.07) is 13.1. The summed E-state index contributed by atoms with van der Waals surface area (Å²) < 4.78 is 15.4. The molecule has 2 rings (SSSR count). The molecule has 2 aromatic carbocycles. The summed E-state index contributed by atoms with van der Waals surface area (Å²) in [5.41, 5.74) is 1.75. The molecule has 32 heavy (non-hydrogen) atoms. The monoisotopic (exact) mass is 448 g/mol. The first-order valence-electron chi connectivity index (χ1n) is 10.5. The van der Waals surface area contributed by atoms with Crippen molar-refractivity contribution in [1.29, 1.82) is 0 Å².